The second-order valence-electron chi connectivity index (χ2n) is 5.78. The third-order valence-electron chi connectivity index (χ3n) is 2.66. The monoisotopic (exact) mass is 374 g/mol. The van der Waals surface area contributed by atoms with Crippen LogP contribution in [0.2, 0.25) is 0 Å². The van der Waals surface area contributed by atoms with Gasteiger partial charge in [-0.05, 0) is 45.9 Å². The number of rotatable bonds is 5. The van der Waals surface area contributed by atoms with Crippen molar-refractivity contribution in [1.29, 1.82) is 0 Å². The first-order chi connectivity index (χ1) is 10.1. The Morgan fingerprint density at radius 1 is 1.41 bits per heavy atom. The van der Waals surface area contributed by atoms with Crippen molar-refractivity contribution in [2.45, 2.75) is 38.8 Å². The van der Waals surface area contributed by atoms with Crippen LogP contribution in [0.25, 0.3) is 0 Å². The molecule has 5 nitrogen and oxygen atoms in total. The molecule has 0 fully saturated rings. The lowest BCUT2D eigenvalue weighted by atomic mass is 9.93. The predicted octanol–water partition coefficient (Wildman–Crippen LogP) is 3.59. The molecule has 1 rings (SSSR count). The molecule has 1 aromatic carbocycles. The normalized spacial score (nSPS) is 14.9. The molecule has 0 unspecified atom stereocenters. The summed E-state index contributed by atoms with van der Waals surface area (Å²) in [6.07, 6.45) is 0. The maximum absolute atomic E-state index is 14.1. The highest BCUT2D eigenvalue weighted by molar-refractivity contribution is 9.10. The molecule has 1 aromatic rings. The molecular weight excluding hydrogens is 355 g/mol. The minimum atomic E-state index is -2.22. The van der Waals surface area contributed by atoms with Gasteiger partial charge >= 0.3 is 5.97 Å². The van der Waals surface area contributed by atoms with Gasteiger partial charge in [-0.3, -0.25) is 0 Å². The summed E-state index contributed by atoms with van der Waals surface area (Å²) < 4.78 is 19.5. The first-order valence-electron chi connectivity index (χ1n) is 6.84. The maximum Gasteiger partial charge on any atom is 0.345 e. The molecule has 0 saturated heterocycles. The highest BCUT2D eigenvalue weighted by atomic mass is 79.9. The van der Waals surface area contributed by atoms with E-state index in [0.29, 0.717) is 4.47 Å². The first kappa shape index (κ1) is 18.7. The minimum absolute atomic E-state index is 0.0627. The minimum Gasteiger partial charge on any atom is -0.464 e. The van der Waals surface area contributed by atoms with Gasteiger partial charge in [0.15, 0.2) is 0 Å². The zero-order chi connectivity index (χ0) is 17.0. The maximum atomic E-state index is 14.1. The summed E-state index contributed by atoms with van der Waals surface area (Å²) in [5.74, 6) is -1.68. The summed E-state index contributed by atoms with van der Waals surface area (Å²) in [5, 5.41) is 18.5. The smallest absolute Gasteiger partial charge is 0.345 e. The first-order valence-corrected chi connectivity index (χ1v) is 7.63. The van der Waals surface area contributed by atoms with Gasteiger partial charge < -0.3 is 9.84 Å². The van der Waals surface area contributed by atoms with E-state index in [2.05, 4.69) is 26.2 Å². The highest BCUT2D eigenvalue weighted by Crippen LogP contribution is 2.29. The van der Waals surface area contributed by atoms with Gasteiger partial charge in [0.05, 0.1) is 12.1 Å². The topological polar surface area (TPSA) is 71.2 Å². The van der Waals surface area contributed by atoms with Crippen molar-refractivity contribution in [2.75, 3.05) is 13.2 Å². The van der Waals surface area contributed by atoms with E-state index in [1.54, 1.807) is 6.92 Å². The molecule has 0 aliphatic rings. The van der Waals surface area contributed by atoms with Crippen molar-refractivity contribution in [3.05, 3.63) is 34.1 Å². The standard InChI is InChI=1S/C15H20BrFN2O3/c1-5-22-13(20)15(21,9-18-19-14(2,3)4)11-8-10(16)6-7-12(11)17/h6-8,21H,5,9H2,1-4H3/t15-/m0/s1. The quantitative estimate of drug-likeness (QED) is 0.632. The third-order valence-corrected chi connectivity index (χ3v) is 3.15. The van der Waals surface area contributed by atoms with Crippen molar-refractivity contribution in [3.63, 3.8) is 0 Å². The Hall–Kier alpha value is -1.34. The number of carbonyl (C=O) groups is 1. The average Bonchev–Trinajstić information content (AvgIpc) is 2.40. The Balaban J connectivity index is 3.25. The van der Waals surface area contributed by atoms with Crippen molar-refractivity contribution in [2.24, 2.45) is 10.2 Å². The number of ether oxygens (including phenoxy) is 1. The summed E-state index contributed by atoms with van der Waals surface area (Å²) in [7, 11) is 0. The number of benzene rings is 1. The Kier molecular flexibility index (Phi) is 6.19. The van der Waals surface area contributed by atoms with E-state index >= 15 is 0 Å². The SMILES string of the molecule is CCOC(=O)[C@](O)(CN=NC(C)(C)C)c1cc(Br)ccc1F. The number of hydrogen-bond donors (Lipinski definition) is 1. The number of halogens is 2. The lowest BCUT2D eigenvalue weighted by molar-refractivity contribution is -0.165. The molecule has 0 amide bonds. The molecule has 22 heavy (non-hydrogen) atoms. The van der Waals surface area contributed by atoms with Gasteiger partial charge in [-0.25, -0.2) is 9.18 Å². The van der Waals surface area contributed by atoms with Crippen LogP contribution in [-0.4, -0.2) is 29.8 Å². The number of hydrogen-bond acceptors (Lipinski definition) is 5. The van der Waals surface area contributed by atoms with Gasteiger partial charge in [0.2, 0.25) is 5.60 Å². The number of nitrogens with zero attached hydrogens (tertiary/aromatic N) is 2. The third kappa shape index (κ3) is 4.84. The lowest BCUT2D eigenvalue weighted by Gasteiger charge is -2.25. The molecule has 0 saturated carbocycles. The fraction of sp³-hybridized carbons (Fsp3) is 0.533. The van der Waals surface area contributed by atoms with Gasteiger partial charge in [-0.2, -0.15) is 10.2 Å². The Morgan fingerprint density at radius 2 is 2.05 bits per heavy atom. The average molecular weight is 375 g/mol. The summed E-state index contributed by atoms with van der Waals surface area (Å²) in [6, 6.07) is 3.96. The van der Waals surface area contributed by atoms with Gasteiger partial charge in [0.1, 0.15) is 12.4 Å². The van der Waals surface area contributed by atoms with Crippen LogP contribution in [0.4, 0.5) is 4.39 Å². The summed E-state index contributed by atoms with van der Waals surface area (Å²) in [6.45, 7) is 6.70. The van der Waals surface area contributed by atoms with E-state index in [-0.39, 0.29) is 12.2 Å². The molecule has 0 spiro atoms. The molecule has 0 aromatic heterocycles. The zero-order valence-corrected chi connectivity index (χ0v) is 14.6. The van der Waals surface area contributed by atoms with Crippen molar-refractivity contribution in [1.82, 2.24) is 0 Å². The van der Waals surface area contributed by atoms with E-state index in [0.717, 1.165) is 6.07 Å². The Labute approximate surface area is 137 Å². The van der Waals surface area contributed by atoms with E-state index in [1.807, 2.05) is 20.8 Å². The van der Waals surface area contributed by atoms with Gasteiger partial charge in [-0.1, -0.05) is 15.9 Å². The Morgan fingerprint density at radius 3 is 2.59 bits per heavy atom. The molecule has 0 aliphatic carbocycles. The second-order valence-corrected chi connectivity index (χ2v) is 6.69. The molecule has 0 bridgehead atoms. The number of azo groups is 1. The van der Waals surface area contributed by atoms with Crippen molar-refractivity contribution in [3.8, 4) is 0 Å². The van der Waals surface area contributed by atoms with E-state index in [1.165, 1.54) is 12.1 Å². The zero-order valence-electron chi connectivity index (χ0n) is 13.1. The van der Waals surface area contributed by atoms with Gasteiger partial charge in [-0.15, -0.1) is 0 Å². The molecule has 1 atom stereocenters. The Bertz CT molecular complexity index is 572. The molecule has 7 heteroatoms. The molecule has 122 valence electrons. The largest absolute Gasteiger partial charge is 0.464 e. The van der Waals surface area contributed by atoms with Gasteiger partial charge in [0.25, 0.3) is 0 Å². The molecule has 0 aliphatic heterocycles. The van der Waals surface area contributed by atoms with Crippen LogP contribution in [0.5, 0.6) is 0 Å². The van der Waals surface area contributed by atoms with Crippen LogP contribution in [-0.2, 0) is 15.1 Å². The summed E-state index contributed by atoms with van der Waals surface area (Å²) in [5.41, 5.74) is -2.89. The summed E-state index contributed by atoms with van der Waals surface area (Å²) >= 11 is 3.19. The predicted molar refractivity (Wildman–Crippen MR) is 84.1 cm³/mol. The van der Waals surface area contributed by atoms with Crippen LogP contribution in [0.1, 0.15) is 33.3 Å². The number of esters is 1. The van der Waals surface area contributed by atoms with E-state index in [4.69, 9.17) is 4.74 Å². The van der Waals surface area contributed by atoms with Gasteiger partial charge in [0, 0.05) is 10.0 Å². The van der Waals surface area contributed by atoms with E-state index in [9.17, 15) is 14.3 Å². The van der Waals surface area contributed by atoms with Crippen molar-refractivity contribution < 1.29 is 19.0 Å². The second kappa shape index (κ2) is 7.28. The highest BCUT2D eigenvalue weighted by Gasteiger charge is 2.42. The molecule has 0 radical (unpaired) electrons. The molecule has 1 N–H and O–H groups in total. The van der Waals surface area contributed by atoms with E-state index < -0.39 is 29.5 Å². The lowest BCUT2D eigenvalue weighted by Crippen LogP contribution is -2.41. The number of carbonyl (C=O) groups excluding carboxylic acids is 1. The van der Waals surface area contributed by atoms with Crippen LogP contribution in [0.3, 0.4) is 0 Å². The fourth-order valence-electron chi connectivity index (χ4n) is 1.67. The molecule has 0 heterocycles. The van der Waals surface area contributed by atoms with Crippen LogP contribution >= 0.6 is 15.9 Å². The van der Waals surface area contributed by atoms with Crippen LogP contribution < -0.4 is 0 Å². The van der Waals surface area contributed by atoms with Crippen LogP contribution in [0, 0.1) is 5.82 Å². The van der Waals surface area contributed by atoms with Crippen LogP contribution in [0.15, 0.2) is 32.9 Å². The fourth-order valence-corrected chi connectivity index (χ4v) is 2.04. The van der Waals surface area contributed by atoms with Crippen molar-refractivity contribution >= 4 is 21.9 Å². The molecular formula is C15H20BrFN2O3. The summed E-state index contributed by atoms with van der Waals surface area (Å²) in [4.78, 5) is 12.1. The number of aliphatic hydroxyl groups is 1.